The molecule has 0 saturated carbocycles. The van der Waals surface area contributed by atoms with Crippen molar-refractivity contribution < 1.29 is 0 Å². The molecule has 14 heavy (non-hydrogen) atoms. The highest BCUT2D eigenvalue weighted by atomic mass is 15.2. The van der Waals surface area contributed by atoms with Crippen LogP contribution in [0.25, 0.3) is 11.4 Å². The van der Waals surface area contributed by atoms with Gasteiger partial charge in [0.2, 0.25) is 0 Å². The fourth-order valence-electron chi connectivity index (χ4n) is 1.52. The second-order valence-corrected chi connectivity index (χ2v) is 3.55. The second-order valence-electron chi connectivity index (χ2n) is 3.55. The van der Waals surface area contributed by atoms with Crippen molar-refractivity contribution in [2.24, 2.45) is 7.05 Å². The molecule has 3 heteroatoms. The molecule has 0 aliphatic rings. The Morgan fingerprint density at radius 3 is 2.64 bits per heavy atom. The molecule has 0 radical (unpaired) electrons. The van der Waals surface area contributed by atoms with Gasteiger partial charge in [-0.25, -0.2) is 0 Å². The van der Waals surface area contributed by atoms with Gasteiger partial charge in [-0.15, -0.1) is 0 Å². The summed E-state index contributed by atoms with van der Waals surface area (Å²) in [6.07, 6.45) is 3.80. The topological polar surface area (TPSA) is 30.7 Å². The molecule has 0 unspecified atom stereocenters. The Balaban J connectivity index is 2.52. The van der Waals surface area contributed by atoms with Crippen molar-refractivity contribution in [2.45, 2.75) is 13.8 Å². The molecule has 3 nitrogen and oxygen atoms in total. The molecule has 2 heterocycles. The number of pyridine rings is 1. The van der Waals surface area contributed by atoms with E-state index in [1.54, 1.807) is 4.68 Å². The largest absolute Gasteiger partial charge is 0.275 e. The number of hydrogen-bond donors (Lipinski definition) is 0. The molecule has 2 aromatic heterocycles. The first kappa shape index (κ1) is 8.94. The smallest absolute Gasteiger partial charge is 0.111 e. The fourth-order valence-corrected chi connectivity index (χ4v) is 1.52. The molecule has 0 spiro atoms. The zero-order chi connectivity index (χ0) is 10.1. The summed E-state index contributed by atoms with van der Waals surface area (Å²) in [4.78, 5) is 4.39. The number of aromatic nitrogens is 3. The first-order valence-electron chi connectivity index (χ1n) is 4.60. The minimum atomic E-state index is 0.935. The summed E-state index contributed by atoms with van der Waals surface area (Å²) < 4.78 is 1.79. The summed E-state index contributed by atoms with van der Waals surface area (Å²) in [7, 11) is 1.91. The van der Waals surface area contributed by atoms with Crippen molar-refractivity contribution in [1.29, 1.82) is 0 Å². The van der Waals surface area contributed by atoms with Gasteiger partial charge in [-0.05, 0) is 31.0 Å². The van der Waals surface area contributed by atoms with E-state index in [9.17, 15) is 0 Å². The maximum atomic E-state index is 4.39. The number of aryl methyl sites for hydroxylation is 3. The quantitative estimate of drug-likeness (QED) is 0.684. The van der Waals surface area contributed by atoms with E-state index in [2.05, 4.69) is 23.1 Å². The Labute approximate surface area is 83.4 Å². The lowest BCUT2D eigenvalue weighted by atomic mass is 10.1. The Bertz CT molecular complexity index is 457. The van der Waals surface area contributed by atoms with Crippen LogP contribution in [0.2, 0.25) is 0 Å². The van der Waals surface area contributed by atoms with Gasteiger partial charge in [-0.3, -0.25) is 9.67 Å². The maximum Gasteiger partial charge on any atom is 0.111 e. The highest BCUT2D eigenvalue weighted by Crippen LogP contribution is 2.18. The zero-order valence-corrected chi connectivity index (χ0v) is 8.65. The van der Waals surface area contributed by atoms with Crippen LogP contribution in [0.3, 0.4) is 0 Å². The van der Waals surface area contributed by atoms with E-state index >= 15 is 0 Å². The van der Waals surface area contributed by atoms with E-state index in [0.717, 1.165) is 11.4 Å². The lowest BCUT2D eigenvalue weighted by Gasteiger charge is -2.01. The lowest BCUT2D eigenvalue weighted by Crippen LogP contribution is -1.92. The summed E-state index contributed by atoms with van der Waals surface area (Å²) in [6.45, 7) is 4.10. The molecule has 0 bridgehead atoms. The predicted octanol–water partition coefficient (Wildman–Crippen LogP) is 2.10. The Morgan fingerprint density at radius 2 is 2.07 bits per heavy atom. The molecular weight excluding hydrogens is 174 g/mol. The van der Waals surface area contributed by atoms with E-state index in [0.29, 0.717) is 0 Å². The van der Waals surface area contributed by atoms with Gasteiger partial charge in [0, 0.05) is 19.4 Å². The Kier molecular flexibility index (Phi) is 2.08. The number of hydrogen-bond acceptors (Lipinski definition) is 2. The van der Waals surface area contributed by atoms with E-state index in [1.807, 2.05) is 32.4 Å². The number of nitrogens with zero attached hydrogens (tertiary/aromatic N) is 3. The first-order chi connectivity index (χ1) is 6.66. The van der Waals surface area contributed by atoms with E-state index in [-0.39, 0.29) is 0 Å². The summed E-state index contributed by atoms with van der Waals surface area (Å²) >= 11 is 0. The first-order valence-corrected chi connectivity index (χ1v) is 4.60. The highest BCUT2D eigenvalue weighted by Gasteiger charge is 2.05. The normalized spacial score (nSPS) is 10.5. The molecular formula is C11H13N3. The number of rotatable bonds is 1. The standard InChI is InChI=1S/C11H13N3/c1-8-6-9(2)11(12-7-8)10-4-5-14(3)13-10/h4-7H,1-3H3. The van der Waals surface area contributed by atoms with Gasteiger partial charge < -0.3 is 0 Å². The molecule has 0 aromatic carbocycles. The van der Waals surface area contributed by atoms with Gasteiger partial charge in [0.1, 0.15) is 5.69 Å². The molecule has 0 aliphatic heterocycles. The molecule has 72 valence electrons. The third-order valence-electron chi connectivity index (χ3n) is 2.17. The van der Waals surface area contributed by atoms with Crippen LogP contribution in [0.1, 0.15) is 11.1 Å². The van der Waals surface area contributed by atoms with E-state index < -0.39 is 0 Å². The van der Waals surface area contributed by atoms with Crippen molar-refractivity contribution in [3.63, 3.8) is 0 Å². The predicted molar refractivity (Wildman–Crippen MR) is 55.9 cm³/mol. The molecule has 0 atom stereocenters. The van der Waals surface area contributed by atoms with Gasteiger partial charge in [0.15, 0.2) is 0 Å². The third kappa shape index (κ3) is 1.53. The minimum Gasteiger partial charge on any atom is -0.275 e. The molecule has 2 rings (SSSR count). The average Bonchev–Trinajstić information content (AvgIpc) is 2.51. The van der Waals surface area contributed by atoms with Gasteiger partial charge >= 0.3 is 0 Å². The van der Waals surface area contributed by atoms with Crippen LogP contribution in [0.4, 0.5) is 0 Å². The maximum absolute atomic E-state index is 4.39. The Morgan fingerprint density at radius 1 is 1.29 bits per heavy atom. The summed E-state index contributed by atoms with van der Waals surface area (Å²) in [6, 6.07) is 4.10. The third-order valence-corrected chi connectivity index (χ3v) is 2.17. The Hall–Kier alpha value is -1.64. The van der Waals surface area contributed by atoms with E-state index in [1.165, 1.54) is 11.1 Å². The van der Waals surface area contributed by atoms with Gasteiger partial charge in [0.05, 0.1) is 5.69 Å². The second kappa shape index (κ2) is 3.25. The van der Waals surface area contributed by atoms with Crippen molar-refractivity contribution in [3.8, 4) is 11.4 Å². The minimum absolute atomic E-state index is 0.935. The molecule has 2 aromatic rings. The van der Waals surface area contributed by atoms with Crippen LogP contribution < -0.4 is 0 Å². The molecule has 0 amide bonds. The summed E-state index contributed by atoms with van der Waals surface area (Å²) in [5.74, 6) is 0. The van der Waals surface area contributed by atoms with Crippen LogP contribution in [-0.4, -0.2) is 14.8 Å². The summed E-state index contributed by atoms with van der Waals surface area (Å²) in [5, 5.41) is 4.33. The SMILES string of the molecule is Cc1cnc(-c2ccn(C)n2)c(C)c1. The van der Waals surface area contributed by atoms with Crippen LogP contribution in [0, 0.1) is 13.8 Å². The highest BCUT2D eigenvalue weighted by molar-refractivity contribution is 5.58. The van der Waals surface area contributed by atoms with Gasteiger partial charge in [-0.2, -0.15) is 5.10 Å². The van der Waals surface area contributed by atoms with Crippen molar-refractivity contribution >= 4 is 0 Å². The monoisotopic (exact) mass is 187 g/mol. The molecule has 0 N–H and O–H groups in total. The van der Waals surface area contributed by atoms with Crippen LogP contribution in [-0.2, 0) is 7.05 Å². The summed E-state index contributed by atoms with van der Waals surface area (Å²) in [5.41, 5.74) is 4.26. The van der Waals surface area contributed by atoms with Crippen molar-refractivity contribution in [3.05, 3.63) is 35.7 Å². The van der Waals surface area contributed by atoms with Crippen molar-refractivity contribution in [2.75, 3.05) is 0 Å². The fraction of sp³-hybridized carbons (Fsp3) is 0.273. The van der Waals surface area contributed by atoms with Gasteiger partial charge in [-0.1, -0.05) is 6.07 Å². The average molecular weight is 187 g/mol. The van der Waals surface area contributed by atoms with Crippen LogP contribution >= 0.6 is 0 Å². The van der Waals surface area contributed by atoms with E-state index in [4.69, 9.17) is 0 Å². The molecule has 0 saturated heterocycles. The molecule has 0 fully saturated rings. The van der Waals surface area contributed by atoms with Gasteiger partial charge in [0.25, 0.3) is 0 Å². The lowest BCUT2D eigenvalue weighted by molar-refractivity contribution is 0.769. The van der Waals surface area contributed by atoms with Crippen LogP contribution in [0.5, 0.6) is 0 Å². The zero-order valence-electron chi connectivity index (χ0n) is 8.65. The van der Waals surface area contributed by atoms with Crippen molar-refractivity contribution in [1.82, 2.24) is 14.8 Å². The molecule has 0 aliphatic carbocycles. The van der Waals surface area contributed by atoms with Crippen LogP contribution in [0.15, 0.2) is 24.5 Å².